The molecular formula is C5H5BrN2O2. The first-order chi connectivity index (χ1) is 4.75. The van der Waals surface area contributed by atoms with Crippen LogP contribution in [0.3, 0.4) is 0 Å². The molecule has 1 heterocycles. The summed E-state index contributed by atoms with van der Waals surface area (Å²) < 4.78 is 4.81. The molecule has 1 atom stereocenters. The molecule has 1 amide bonds. The molecule has 0 saturated carbocycles. The zero-order valence-electron chi connectivity index (χ0n) is 5.24. The maximum absolute atomic E-state index is 10.7. The molecule has 0 fully saturated rings. The standard InChI is InChI=1S/C5H5BrN2O2/c1-10-3-2-7-8-5(9)4(3)6/h2,4H,1H3. The van der Waals surface area contributed by atoms with E-state index in [0.717, 1.165) is 0 Å². The van der Waals surface area contributed by atoms with Gasteiger partial charge in [-0.05, 0) is 0 Å². The quantitative estimate of drug-likeness (QED) is 0.604. The van der Waals surface area contributed by atoms with Crippen LogP contribution in [0.1, 0.15) is 0 Å². The molecule has 4 nitrogen and oxygen atoms in total. The highest BCUT2D eigenvalue weighted by atomic mass is 79.9. The molecule has 0 bridgehead atoms. The van der Waals surface area contributed by atoms with E-state index in [1.54, 1.807) is 0 Å². The number of halogens is 1. The van der Waals surface area contributed by atoms with E-state index in [9.17, 15) is 4.79 Å². The fourth-order valence-corrected chi connectivity index (χ4v) is 0.933. The van der Waals surface area contributed by atoms with Crippen molar-refractivity contribution in [1.29, 1.82) is 0 Å². The van der Waals surface area contributed by atoms with E-state index in [1.807, 2.05) is 0 Å². The molecular weight excluding hydrogens is 200 g/mol. The van der Waals surface area contributed by atoms with E-state index in [1.165, 1.54) is 13.3 Å². The van der Waals surface area contributed by atoms with Gasteiger partial charge in [0, 0.05) is 0 Å². The molecule has 0 aliphatic carbocycles. The lowest BCUT2D eigenvalue weighted by Gasteiger charge is -2.09. The highest BCUT2D eigenvalue weighted by Crippen LogP contribution is 2.18. The number of amides is 1. The van der Waals surface area contributed by atoms with E-state index < -0.39 is 4.83 Å². The van der Waals surface area contributed by atoms with E-state index in [0.29, 0.717) is 5.76 Å². The van der Waals surface area contributed by atoms with Crippen LogP contribution in [0.15, 0.2) is 22.2 Å². The summed E-state index contributed by atoms with van der Waals surface area (Å²) in [5.41, 5.74) is 0. The Morgan fingerprint density at radius 3 is 3.00 bits per heavy atom. The second-order valence-electron chi connectivity index (χ2n) is 1.65. The lowest BCUT2D eigenvalue weighted by atomic mass is 10.3. The summed E-state index contributed by atoms with van der Waals surface area (Å²) in [5, 5.41) is 6.71. The maximum atomic E-state index is 10.7. The Hall–Kier alpha value is -0.710. The monoisotopic (exact) mass is 204 g/mol. The van der Waals surface area contributed by atoms with Crippen molar-refractivity contribution in [3.05, 3.63) is 12.0 Å². The van der Waals surface area contributed by atoms with Crippen LogP contribution in [-0.4, -0.2) is 17.8 Å². The van der Waals surface area contributed by atoms with Crippen LogP contribution in [0.25, 0.3) is 0 Å². The van der Waals surface area contributed by atoms with Crippen molar-refractivity contribution >= 4 is 21.8 Å². The van der Waals surface area contributed by atoms with Crippen LogP contribution >= 0.6 is 15.9 Å². The Morgan fingerprint density at radius 1 is 1.80 bits per heavy atom. The minimum absolute atomic E-state index is 0.334. The Morgan fingerprint density at radius 2 is 2.50 bits per heavy atom. The molecule has 10 heavy (non-hydrogen) atoms. The lowest BCUT2D eigenvalue weighted by molar-refractivity contribution is -0.117. The van der Waals surface area contributed by atoms with E-state index in [-0.39, 0.29) is 5.91 Å². The van der Waals surface area contributed by atoms with Crippen molar-refractivity contribution in [1.82, 2.24) is 0 Å². The number of nitrogens with zero attached hydrogens (tertiary/aromatic N) is 2. The van der Waals surface area contributed by atoms with Crippen molar-refractivity contribution in [2.24, 2.45) is 10.2 Å². The minimum atomic E-state index is -0.463. The molecule has 0 aromatic carbocycles. The largest absolute Gasteiger partial charge is 0.498 e. The van der Waals surface area contributed by atoms with Gasteiger partial charge in [-0.25, -0.2) is 0 Å². The molecule has 54 valence electrons. The summed E-state index contributed by atoms with van der Waals surface area (Å²) in [5.74, 6) is 0.152. The van der Waals surface area contributed by atoms with Gasteiger partial charge in [0.2, 0.25) is 0 Å². The summed E-state index contributed by atoms with van der Waals surface area (Å²) in [6, 6.07) is 0. The van der Waals surface area contributed by atoms with Gasteiger partial charge < -0.3 is 4.74 Å². The maximum Gasteiger partial charge on any atom is 0.285 e. The van der Waals surface area contributed by atoms with Gasteiger partial charge in [0.15, 0.2) is 4.83 Å². The normalized spacial score (nSPS) is 24.4. The van der Waals surface area contributed by atoms with Gasteiger partial charge in [0.25, 0.3) is 5.91 Å². The van der Waals surface area contributed by atoms with Crippen molar-refractivity contribution in [3.63, 3.8) is 0 Å². The minimum Gasteiger partial charge on any atom is -0.498 e. The van der Waals surface area contributed by atoms with Gasteiger partial charge in [-0.15, -0.1) is 5.11 Å². The number of ether oxygens (including phenoxy) is 1. The molecule has 0 aromatic rings. The highest BCUT2D eigenvalue weighted by molar-refractivity contribution is 9.10. The molecule has 1 unspecified atom stereocenters. The molecule has 0 N–H and O–H groups in total. The number of azo groups is 1. The van der Waals surface area contributed by atoms with Gasteiger partial charge in [0.05, 0.1) is 13.3 Å². The third-order valence-electron chi connectivity index (χ3n) is 1.04. The van der Waals surface area contributed by atoms with Crippen LogP contribution in [0, 0.1) is 0 Å². The van der Waals surface area contributed by atoms with Crippen molar-refractivity contribution in [2.75, 3.05) is 7.11 Å². The molecule has 0 radical (unpaired) electrons. The van der Waals surface area contributed by atoms with Crippen molar-refractivity contribution < 1.29 is 9.53 Å². The second-order valence-corrected chi connectivity index (χ2v) is 2.57. The van der Waals surface area contributed by atoms with E-state index >= 15 is 0 Å². The molecule has 0 aromatic heterocycles. The van der Waals surface area contributed by atoms with Crippen molar-refractivity contribution in [3.8, 4) is 0 Å². The van der Waals surface area contributed by atoms with Gasteiger partial charge in [0.1, 0.15) is 5.76 Å². The zero-order valence-corrected chi connectivity index (χ0v) is 6.83. The van der Waals surface area contributed by atoms with Gasteiger partial charge in [-0.2, -0.15) is 5.11 Å². The molecule has 0 saturated heterocycles. The zero-order chi connectivity index (χ0) is 7.56. The highest BCUT2D eigenvalue weighted by Gasteiger charge is 2.22. The third kappa shape index (κ3) is 1.23. The number of rotatable bonds is 1. The number of hydrogen-bond acceptors (Lipinski definition) is 3. The average Bonchev–Trinajstić information content (AvgIpc) is 1.95. The summed E-state index contributed by atoms with van der Waals surface area (Å²) in [6.07, 6.45) is 1.40. The number of carbonyl (C=O) groups is 1. The number of hydrogen-bond donors (Lipinski definition) is 0. The Bertz CT molecular complexity index is 212. The SMILES string of the molecule is COC1=CN=NC(=O)C1Br. The number of carbonyl (C=O) groups excluding carboxylic acids is 1. The van der Waals surface area contributed by atoms with Crippen molar-refractivity contribution in [2.45, 2.75) is 4.83 Å². The second kappa shape index (κ2) is 2.92. The third-order valence-corrected chi connectivity index (χ3v) is 1.89. The van der Waals surface area contributed by atoms with Crippen LogP contribution in [0.5, 0.6) is 0 Å². The Kier molecular flexibility index (Phi) is 2.16. The number of alkyl halides is 1. The Labute approximate surface area is 66.1 Å². The van der Waals surface area contributed by atoms with Gasteiger partial charge in [-0.1, -0.05) is 15.9 Å². The van der Waals surface area contributed by atoms with E-state index in [4.69, 9.17) is 4.74 Å². The van der Waals surface area contributed by atoms with Gasteiger partial charge in [-0.3, -0.25) is 4.79 Å². The predicted octanol–water partition coefficient (Wildman–Crippen LogP) is 1.23. The summed E-state index contributed by atoms with van der Waals surface area (Å²) in [6.45, 7) is 0. The van der Waals surface area contributed by atoms with Crippen LogP contribution < -0.4 is 0 Å². The van der Waals surface area contributed by atoms with Crippen LogP contribution in [0.4, 0.5) is 0 Å². The lowest BCUT2D eigenvalue weighted by Crippen LogP contribution is -2.17. The summed E-state index contributed by atoms with van der Waals surface area (Å²) in [4.78, 5) is 10.3. The molecule has 1 aliphatic heterocycles. The first-order valence-corrected chi connectivity index (χ1v) is 3.50. The van der Waals surface area contributed by atoms with Crippen LogP contribution in [-0.2, 0) is 9.53 Å². The fourth-order valence-electron chi connectivity index (χ4n) is 0.537. The predicted molar refractivity (Wildman–Crippen MR) is 37.7 cm³/mol. The summed E-state index contributed by atoms with van der Waals surface area (Å²) in [7, 11) is 1.48. The number of methoxy groups -OCH3 is 1. The topological polar surface area (TPSA) is 51.0 Å². The van der Waals surface area contributed by atoms with Crippen LogP contribution in [0.2, 0.25) is 0 Å². The summed E-state index contributed by atoms with van der Waals surface area (Å²) >= 11 is 3.08. The first-order valence-electron chi connectivity index (χ1n) is 2.58. The van der Waals surface area contributed by atoms with Gasteiger partial charge >= 0.3 is 0 Å². The molecule has 0 spiro atoms. The molecule has 1 rings (SSSR count). The fraction of sp³-hybridized carbons (Fsp3) is 0.400. The molecule has 5 heteroatoms. The first kappa shape index (κ1) is 7.40. The smallest absolute Gasteiger partial charge is 0.285 e. The Balaban J connectivity index is 2.81. The molecule has 1 aliphatic rings. The van der Waals surface area contributed by atoms with E-state index in [2.05, 4.69) is 26.2 Å². The average molecular weight is 205 g/mol.